The molecule has 0 bridgehead atoms. The van der Waals surface area contributed by atoms with E-state index in [0.29, 0.717) is 19.3 Å². The van der Waals surface area contributed by atoms with Crippen LogP contribution in [0.15, 0.2) is 0 Å². The highest BCUT2D eigenvalue weighted by Gasteiger charge is 2.20. The predicted octanol–water partition coefficient (Wildman–Crippen LogP) is 0.975. The van der Waals surface area contributed by atoms with Gasteiger partial charge in [0.1, 0.15) is 0 Å². The highest BCUT2D eigenvalue weighted by molar-refractivity contribution is 4.79. The van der Waals surface area contributed by atoms with Gasteiger partial charge in [-0.2, -0.15) is 0 Å². The molecular formula is C14H30N2O2. The van der Waals surface area contributed by atoms with Crippen LogP contribution >= 0.6 is 0 Å². The number of unbranched alkanes of at least 4 members (excludes halogenated alkanes) is 4. The van der Waals surface area contributed by atoms with Gasteiger partial charge in [0.2, 0.25) is 0 Å². The summed E-state index contributed by atoms with van der Waals surface area (Å²) < 4.78 is 0. The standard InChI is InChI=1S/C14H30N2O2/c17-11-5-1-3-7-14-13-15-8-10-16(14)9-4-2-6-12-18/h14-15,17-18H,1-13H2. The van der Waals surface area contributed by atoms with Crippen LogP contribution in [0.4, 0.5) is 0 Å². The molecule has 0 saturated carbocycles. The lowest BCUT2D eigenvalue weighted by Crippen LogP contribution is -2.51. The molecule has 0 aliphatic carbocycles. The van der Waals surface area contributed by atoms with E-state index in [0.717, 1.165) is 45.3 Å². The minimum absolute atomic E-state index is 0.326. The summed E-state index contributed by atoms with van der Waals surface area (Å²) >= 11 is 0. The van der Waals surface area contributed by atoms with Crippen LogP contribution in [0.25, 0.3) is 0 Å². The van der Waals surface area contributed by atoms with Crippen LogP contribution in [0.5, 0.6) is 0 Å². The smallest absolute Gasteiger partial charge is 0.0431 e. The first kappa shape index (κ1) is 15.9. The quantitative estimate of drug-likeness (QED) is 0.511. The highest BCUT2D eigenvalue weighted by Crippen LogP contribution is 2.13. The lowest BCUT2D eigenvalue weighted by molar-refractivity contribution is 0.145. The molecule has 1 saturated heterocycles. The Hall–Kier alpha value is -0.160. The van der Waals surface area contributed by atoms with Crippen molar-refractivity contribution in [1.29, 1.82) is 0 Å². The van der Waals surface area contributed by atoms with E-state index in [-0.39, 0.29) is 0 Å². The van der Waals surface area contributed by atoms with Crippen molar-refractivity contribution in [3.8, 4) is 0 Å². The third kappa shape index (κ3) is 6.69. The zero-order valence-electron chi connectivity index (χ0n) is 11.6. The number of hydrogen-bond donors (Lipinski definition) is 3. The number of aliphatic hydroxyl groups excluding tert-OH is 2. The van der Waals surface area contributed by atoms with Gasteiger partial charge in [0.05, 0.1) is 0 Å². The summed E-state index contributed by atoms with van der Waals surface area (Å²) in [5.41, 5.74) is 0. The van der Waals surface area contributed by atoms with Gasteiger partial charge < -0.3 is 15.5 Å². The molecule has 1 aliphatic heterocycles. The maximum Gasteiger partial charge on any atom is 0.0431 e. The van der Waals surface area contributed by atoms with Crippen molar-refractivity contribution < 1.29 is 10.2 Å². The fraction of sp³-hybridized carbons (Fsp3) is 1.00. The minimum Gasteiger partial charge on any atom is -0.396 e. The Labute approximate surface area is 111 Å². The molecule has 1 atom stereocenters. The largest absolute Gasteiger partial charge is 0.396 e. The van der Waals surface area contributed by atoms with E-state index < -0.39 is 0 Å². The van der Waals surface area contributed by atoms with Gasteiger partial charge in [-0.05, 0) is 38.6 Å². The van der Waals surface area contributed by atoms with Gasteiger partial charge in [-0.3, -0.25) is 4.90 Å². The summed E-state index contributed by atoms with van der Waals surface area (Å²) in [5.74, 6) is 0. The Morgan fingerprint density at radius 2 is 1.67 bits per heavy atom. The first-order valence-electron chi connectivity index (χ1n) is 7.55. The first-order valence-corrected chi connectivity index (χ1v) is 7.55. The van der Waals surface area contributed by atoms with Crippen LogP contribution in [0.3, 0.4) is 0 Å². The van der Waals surface area contributed by atoms with Crippen molar-refractivity contribution in [1.82, 2.24) is 10.2 Å². The molecule has 4 heteroatoms. The second kappa shape index (κ2) is 10.7. The normalized spacial score (nSPS) is 21.3. The van der Waals surface area contributed by atoms with E-state index in [9.17, 15) is 0 Å². The van der Waals surface area contributed by atoms with Crippen LogP contribution in [0.2, 0.25) is 0 Å². The van der Waals surface area contributed by atoms with Gasteiger partial charge in [0.15, 0.2) is 0 Å². The van der Waals surface area contributed by atoms with Gasteiger partial charge in [0, 0.05) is 38.9 Å². The lowest BCUT2D eigenvalue weighted by Gasteiger charge is -2.36. The number of rotatable bonds is 10. The molecule has 0 amide bonds. The lowest BCUT2D eigenvalue weighted by atomic mass is 10.0. The van der Waals surface area contributed by atoms with Crippen molar-refractivity contribution in [3.63, 3.8) is 0 Å². The average Bonchev–Trinajstić information content (AvgIpc) is 2.41. The Morgan fingerprint density at radius 3 is 2.39 bits per heavy atom. The van der Waals surface area contributed by atoms with Gasteiger partial charge in [-0.15, -0.1) is 0 Å². The monoisotopic (exact) mass is 258 g/mol. The van der Waals surface area contributed by atoms with Crippen molar-refractivity contribution >= 4 is 0 Å². The second-order valence-corrected chi connectivity index (χ2v) is 5.25. The Balaban J connectivity index is 2.15. The molecule has 0 radical (unpaired) electrons. The molecule has 0 aromatic rings. The summed E-state index contributed by atoms with van der Waals surface area (Å²) in [6.45, 7) is 5.20. The van der Waals surface area contributed by atoms with Crippen LogP contribution in [-0.2, 0) is 0 Å². The molecule has 1 fully saturated rings. The molecule has 0 spiro atoms. The van der Waals surface area contributed by atoms with E-state index in [4.69, 9.17) is 10.2 Å². The van der Waals surface area contributed by atoms with E-state index in [2.05, 4.69) is 10.2 Å². The fourth-order valence-corrected chi connectivity index (χ4v) is 2.65. The number of nitrogens with zero attached hydrogens (tertiary/aromatic N) is 1. The summed E-state index contributed by atoms with van der Waals surface area (Å²) in [6.07, 6.45) is 7.83. The molecule has 0 aromatic carbocycles. The highest BCUT2D eigenvalue weighted by atomic mass is 16.3. The van der Waals surface area contributed by atoms with Gasteiger partial charge in [-0.1, -0.05) is 12.8 Å². The van der Waals surface area contributed by atoms with E-state index in [1.165, 1.54) is 25.8 Å². The SMILES string of the molecule is OCCCCCC1CNCCN1CCCCCO. The van der Waals surface area contributed by atoms with Crippen LogP contribution in [0, 0.1) is 0 Å². The third-order valence-corrected chi connectivity index (χ3v) is 3.77. The topological polar surface area (TPSA) is 55.7 Å². The fourth-order valence-electron chi connectivity index (χ4n) is 2.65. The minimum atomic E-state index is 0.326. The van der Waals surface area contributed by atoms with E-state index in [1.807, 2.05) is 0 Å². The number of nitrogens with one attached hydrogen (secondary N) is 1. The molecule has 108 valence electrons. The van der Waals surface area contributed by atoms with Crippen LogP contribution in [0.1, 0.15) is 44.9 Å². The Morgan fingerprint density at radius 1 is 0.944 bits per heavy atom. The van der Waals surface area contributed by atoms with Gasteiger partial charge >= 0.3 is 0 Å². The number of piperazine rings is 1. The second-order valence-electron chi connectivity index (χ2n) is 5.25. The maximum absolute atomic E-state index is 8.78. The van der Waals surface area contributed by atoms with Crippen LogP contribution in [-0.4, -0.2) is 60.5 Å². The summed E-state index contributed by atoms with van der Waals surface area (Å²) in [4.78, 5) is 2.60. The number of hydrogen-bond acceptors (Lipinski definition) is 4. The van der Waals surface area contributed by atoms with Crippen molar-refractivity contribution in [2.45, 2.75) is 51.0 Å². The molecule has 4 nitrogen and oxygen atoms in total. The molecular weight excluding hydrogens is 228 g/mol. The molecule has 1 unspecified atom stereocenters. The Kier molecular flexibility index (Phi) is 9.48. The summed E-state index contributed by atoms with van der Waals surface area (Å²) in [6, 6.07) is 0.673. The molecule has 1 aliphatic rings. The average molecular weight is 258 g/mol. The summed E-state index contributed by atoms with van der Waals surface area (Å²) in [7, 11) is 0. The van der Waals surface area contributed by atoms with Gasteiger partial charge in [-0.25, -0.2) is 0 Å². The molecule has 3 N–H and O–H groups in total. The zero-order valence-corrected chi connectivity index (χ0v) is 11.6. The molecule has 1 rings (SSSR count). The van der Waals surface area contributed by atoms with Crippen molar-refractivity contribution in [2.24, 2.45) is 0 Å². The maximum atomic E-state index is 8.78. The van der Waals surface area contributed by atoms with E-state index >= 15 is 0 Å². The molecule has 1 heterocycles. The van der Waals surface area contributed by atoms with Crippen molar-refractivity contribution in [3.05, 3.63) is 0 Å². The van der Waals surface area contributed by atoms with Gasteiger partial charge in [0.25, 0.3) is 0 Å². The first-order chi connectivity index (χ1) is 8.88. The zero-order chi connectivity index (χ0) is 13.1. The summed E-state index contributed by atoms with van der Waals surface area (Å²) in [5, 5.41) is 21.0. The molecule has 18 heavy (non-hydrogen) atoms. The number of aliphatic hydroxyl groups is 2. The predicted molar refractivity (Wildman–Crippen MR) is 74.7 cm³/mol. The van der Waals surface area contributed by atoms with Crippen LogP contribution < -0.4 is 5.32 Å². The van der Waals surface area contributed by atoms with E-state index in [1.54, 1.807) is 0 Å². The molecule has 0 aromatic heterocycles. The Bertz CT molecular complexity index is 171. The van der Waals surface area contributed by atoms with Crippen molar-refractivity contribution in [2.75, 3.05) is 39.4 Å². The third-order valence-electron chi connectivity index (χ3n) is 3.77.